The number of hydrogen-bond acceptors (Lipinski definition) is 7. The van der Waals surface area contributed by atoms with Crippen LogP contribution in [0.1, 0.15) is 11.4 Å². The highest BCUT2D eigenvalue weighted by atomic mass is 15.1. The summed E-state index contributed by atoms with van der Waals surface area (Å²) in [4.78, 5) is 18.0. The van der Waals surface area contributed by atoms with Gasteiger partial charge in [0.05, 0.1) is 22.4 Å². The minimum atomic E-state index is 0.414. The van der Waals surface area contributed by atoms with Crippen LogP contribution in [0.4, 0.5) is 28.7 Å². The predicted molar refractivity (Wildman–Crippen MR) is 126 cm³/mol. The molecule has 0 bridgehead atoms. The van der Waals surface area contributed by atoms with Crippen molar-refractivity contribution in [2.75, 3.05) is 16.4 Å². The molecule has 4 N–H and O–H groups in total. The largest absolute Gasteiger partial charge is 0.393 e. The van der Waals surface area contributed by atoms with Crippen LogP contribution in [-0.2, 0) is 0 Å². The summed E-state index contributed by atoms with van der Waals surface area (Å²) in [5.41, 5.74) is 12.1. The number of pyridine rings is 2. The number of nitrogens with two attached hydrogens (primary N) is 1. The highest BCUT2D eigenvalue weighted by molar-refractivity contribution is 5.95. The van der Waals surface area contributed by atoms with Gasteiger partial charge in [0.15, 0.2) is 11.6 Å². The molecule has 0 aliphatic heterocycles. The van der Waals surface area contributed by atoms with E-state index in [1.807, 2.05) is 62.4 Å². The maximum Gasteiger partial charge on any atom is 0.159 e. The molecule has 0 atom stereocenters. The zero-order valence-electron chi connectivity index (χ0n) is 17.2. The molecule has 0 aliphatic carbocycles. The van der Waals surface area contributed by atoms with Crippen molar-refractivity contribution in [3.63, 3.8) is 0 Å². The van der Waals surface area contributed by atoms with Crippen molar-refractivity contribution < 1.29 is 0 Å². The third-order valence-corrected chi connectivity index (χ3v) is 5.11. The van der Waals surface area contributed by atoms with Gasteiger partial charge in [-0.3, -0.25) is 9.97 Å². The first-order valence-electron chi connectivity index (χ1n) is 9.96. The van der Waals surface area contributed by atoms with E-state index in [1.165, 1.54) is 6.33 Å². The van der Waals surface area contributed by atoms with E-state index >= 15 is 0 Å². The lowest BCUT2D eigenvalue weighted by molar-refractivity contribution is 1.17. The zero-order chi connectivity index (χ0) is 21.4. The molecule has 0 aliphatic rings. The molecule has 7 heteroatoms. The number of anilines is 5. The van der Waals surface area contributed by atoms with E-state index in [0.717, 1.165) is 44.6 Å². The summed E-state index contributed by atoms with van der Waals surface area (Å²) in [7, 11) is 0. The van der Waals surface area contributed by atoms with E-state index in [0.29, 0.717) is 17.3 Å². The first-order valence-corrected chi connectivity index (χ1v) is 9.96. The van der Waals surface area contributed by atoms with Gasteiger partial charge in [-0.15, -0.1) is 0 Å². The second kappa shape index (κ2) is 7.53. The summed E-state index contributed by atoms with van der Waals surface area (Å²) < 4.78 is 0. The van der Waals surface area contributed by atoms with Crippen LogP contribution in [0.5, 0.6) is 0 Å². The van der Waals surface area contributed by atoms with Crippen LogP contribution >= 0.6 is 0 Å². The number of hydrogen-bond donors (Lipinski definition) is 3. The minimum absolute atomic E-state index is 0.414. The molecule has 0 unspecified atom stereocenters. The first kappa shape index (κ1) is 18.7. The Morgan fingerprint density at radius 2 is 1.13 bits per heavy atom. The summed E-state index contributed by atoms with van der Waals surface area (Å²) in [5, 5.41) is 8.72. The summed E-state index contributed by atoms with van der Waals surface area (Å²) in [6.07, 6.45) is 1.48. The van der Waals surface area contributed by atoms with Crippen LogP contribution in [0.25, 0.3) is 21.8 Å². The quantitative estimate of drug-likeness (QED) is 0.373. The maximum atomic E-state index is 6.44. The van der Waals surface area contributed by atoms with Crippen molar-refractivity contribution in [2.45, 2.75) is 13.8 Å². The highest BCUT2D eigenvalue weighted by Crippen LogP contribution is 2.32. The maximum absolute atomic E-state index is 6.44. The smallest absolute Gasteiger partial charge is 0.159 e. The molecule has 0 fully saturated rings. The van der Waals surface area contributed by atoms with Crippen LogP contribution in [0.2, 0.25) is 0 Å². The van der Waals surface area contributed by atoms with E-state index < -0.39 is 0 Å². The second-order valence-corrected chi connectivity index (χ2v) is 7.39. The van der Waals surface area contributed by atoms with Crippen molar-refractivity contribution in [1.82, 2.24) is 19.9 Å². The van der Waals surface area contributed by atoms with Gasteiger partial charge in [0, 0.05) is 22.2 Å². The lowest BCUT2D eigenvalue weighted by Crippen LogP contribution is -2.06. The molecule has 152 valence electrons. The van der Waals surface area contributed by atoms with Crippen LogP contribution in [-0.4, -0.2) is 19.9 Å². The van der Waals surface area contributed by atoms with Crippen LogP contribution in [0, 0.1) is 13.8 Å². The van der Waals surface area contributed by atoms with Gasteiger partial charge < -0.3 is 16.4 Å². The SMILES string of the molecule is Cc1ccc2cccc(Nc3ncnc(Nc4cccc5ccc(C)nc45)c3N)c2n1. The van der Waals surface area contributed by atoms with Crippen molar-refractivity contribution in [2.24, 2.45) is 0 Å². The summed E-state index contributed by atoms with van der Waals surface area (Å²) >= 11 is 0. The number of fused-ring (bicyclic) bond motifs is 2. The fraction of sp³-hybridized carbons (Fsp3) is 0.0833. The van der Waals surface area contributed by atoms with Crippen molar-refractivity contribution in [1.29, 1.82) is 0 Å². The van der Waals surface area contributed by atoms with Crippen LogP contribution in [0.3, 0.4) is 0 Å². The topological polar surface area (TPSA) is 102 Å². The zero-order valence-corrected chi connectivity index (χ0v) is 17.2. The summed E-state index contributed by atoms with van der Waals surface area (Å²) in [6.45, 7) is 3.94. The van der Waals surface area contributed by atoms with E-state index in [-0.39, 0.29) is 0 Å². The molecule has 0 spiro atoms. The fourth-order valence-corrected chi connectivity index (χ4v) is 3.54. The number of aryl methyl sites for hydroxylation is 2. The van der Waals surface area contributed by atoms with Crippen molar-refractivity contribution in [3.05, 3.63) is 78.4 Å². The molecule has 31 heavy (non-hydrogen) atoms. The Hall–Kier alpha value is -4.26. The van der Waals surface area contributed by atoms with Crippen LogP contribution < -0.4 is 16.4 Å². The molecule has 0 radical (unpaired) electrons. The van der Waals surface area contributed by atoms with E-state index in [1.54, 1.807) is 0 Å². The Kier molecular flexibility index (Phi) is 4.55. The Balaban J connectivity index is 1.52. The summed E-state index contributed by atoms with van der Waals surface area (Å²) in [6, 6.07) is 20.0. The lowest BCUT2D eigenvalue weighted by Gasteiger charge is -2.14. The Morgan fingerprint density at radius 1 is 0.645 bits per heavy atom. The molecule has 0 amide bonds. The van der Waals surface area contributed by atoms with Gasteiger partial charge in [0.25, 0.3) is 0 Å². The third kappa shape index (κ3) is 3.57. The number of rotatable bonds is 4. The third-order valence-electron chi connectivity index (χ3n) is 5.11. The van der Waals surface area contributed by atoms with Gasteiger partial charge in [-0.25, -0.2) is 9.97 Å². The Labute approximate surface area is 179 Å². The number of para-hydroxylation sites is 2. The Bertz CT molecular complexity index is 1320. The molecule has 5 aromatic rings. The lowest BCUT2D eigenvalue weighted by atomic mass is 10.1. The molecular formula is C24H21N7. The molecule has 7 nitrogen and oxygen atoms in total. The van der Waals surface area contributed by atoms with Gasteiger partial charge >= 0.3 is 0 Å². The molecule has 0 saturated heterocycles. The van der Waals surface area contributed by atoms with Crippen LogP contribution in [0.15, 0.2) is 67.0 Å². The number of aromatic nitrogens is 4. The predicted octanol–water partition coefficient (Wildman–Crippen LogP) is 5.26. The fourth-order valence-electron chi connectivity index (χ4n) is 3.54. The molecule has 3 aromatic heterocycles. The molecule has 3 heterocycles. The average Bonchev–Trinajstić information content (AvgIpc) is 2.77. The van der Waals surface area contributed by atoms with Gasteiger partial charge in [0.2, 0.25) is 0 Å². The van der Waals surface area contributed by atoms with Gasteiger partial charge in [-0.05, 0) is 38.1 Å². The minimum Gasteiger partial charge on any atom is -0.393 e. The van der Waals surface area contributed by atoms with Gasteiger partial charge in [-0.2, -0.15) is 0 Å². The number of nitrogen functional groups attached to an aromatic ring is 1. The highest BCUT2D eigenvalue weighted by Gasteiger charge is 2.12. The number of benzene rings is 2. The summed E-state index contributed by atoms with van der Waals surface area (Å²) in [5.74, 6) is 1.02. The van der Waals surface area contributed by atoms with Gasteiger partial charge in [-0.1, -0.05) is 36.4 Å². The normalized spacial score (nSPS) is 11.0. The number of nitrogens with one attached hydrogen (secondary N) is 2. The van der Waals surface area contributed by atoms with Crippen molar-refractivity contribution >= 4 is 50.5 Å². The Morgan fingerprint density at radius 3 is 1.61 bits per heavy atom. The molecular weight excluding hydrogens is 386 g/mol. The van der Waals surface area contributed by atoms with Crippen molar-refractivity contribution in [3.8, 4) is 0 Å². The first-order chi connectivity index (χ1) is 15.1. The van der Waals surface area contributed by atoms with E-state index in [9.17, 15) is 0 Å². The molecule has 5 rings (SSSR count). The van der Waals surface area contributed by atoms with E-state index in [4.69, 9.17) is 5.73 Å². The van der Waals surface area contributed by atoms with E-state index in [2.05, 4.69) is 42.7 Å². The molecule has 2 aromatic carbocycles. The monoisotopic (exact) mass is 407 g/mol. The molecule has 0 saturated carbocycles. The standard InChI is InChI=1S/C24H21N7/c1-14-9-11-16-5-3-7-18(21(16)28-14)30-23-20(25)24(27-13-26-23)31-19-8-4-6-17-12-10-15(2)29-22(17)19/h3-13H,25H2,1-2H3,(H2,26,27,30,31). The second-order valence-electron chi connectivity index (χ2n) is 7.39. The van der Waals surface area contributed by atoms with Gasteiger partial charge in [0.1, 0.15) is 12.0 Å². The number of nitrogens with zero attached hydrogens (tertiary/aromatic N) is 4. The average molecular weight is 407 g/mol.